The lowest BCUT2D eigenvalue weighted by molar-refractivity contribution is 0.102. The minimum absolute atomic E-state index is 0.139. The van der Waals surface area contributed by atoms with Crippen molar-refractivity contribution in [3.8, 4) is 0 Å². The smallest absolute Gasteiger partial charge is 0.259 e. The van der Waals surface area contributed by atoms with Crippen LogP contribution in [0.4, 0.5) is 14.5 Å². The van der Waals surface area contributed by atoms with Crippen LogP contribution in [-0.4, -0.2) is 5.91 Å². The summed E-state index contributed by atoms with van der Waals surface area (Å²) in [6.07, 6.45) is 1.22. The molecule has 0 aliphatic rings. The van der Waals surface area contributed by atoms with Gasteiger partial charge in [-0.3, -0.25) is 4.79 Å². The number of furan rings is 1. The molecule has 2 aromatic carbocycles. The van der Waals surface area contributed by atoms with Crippen LogP contribution in [0.5, 0.6) is 0 Å². The molecule has 1 N–H and O–H groups in total. The van der Waals surface area contributed by atoms with Gasteiger partial charge in [0.05, 0.1) is 16.3 Å². The van der Waals surface area contributed by atoms with Crippen molar-refractivity contribution in [2.75, 3.05) is 5.32 Å². The summed E-state index contributed by atoms with van der Waals surface area (Å²) in [6.45, 7) is 1.57. The van der Waals surface area contributed by atoms with E-state index in [1.165, 1.54) is 30.5 Å². The summed E-state index contributed by atoms with van der Waals surface area (Å²) in [5.74, 6) is -1.53. The van der Waals surface area contributed by atoms with E-state index in [-0.39, 0.29) is 16.3 Å². The number of fused-ring (bicyclic) bond motifs is 1. The molecule has 0 spiro atoms. The number of hydrogen-bond acceptors (Lipinski definition) is 2. The second kappa shape index (κ2) is 5.42. The van der Waals surface area contributed by atoms with Crippen molar-refractivity contribution in [3.05, 3.63) is 64.4 Å². The monoisotopic (exact) mass is 321 g/mol. The van der Waals surface area contributed by atoms with Crippen molar-refractivity contribution in [2.45, 2.75) is 6.92 Å². The molecule has 3 nitrogen and oxygen atoms in total. The van der Waals surface area contributed by atoms with Gasteiger partial charge in [0.15, 0.2) is 0 Å². The lowest BCUT2D eigenvalue weighted by Gasteiger charge is -2.08. The first-order chi connectivity index (χ1) is 10.5. The molecule has 0 saturated heterocycles. The number of aryl methyl sites for hydroxylation is 1. The van der Waals surface area contributed by atoms with Crippen LogP contribution in [-0.2, 0) is 0 Å². The molecule has 0 atom stereocenters. The number of hydrogen-bond donors (Lipinski definition) is 1. The average Bonchev–Trinajstić information content (AvgIpc) is 2.87. The lowest BCUT2D eigenvalue weighted by Crippen LogP contribution is -2.12. The van der Waals surface area contributed by atoms with Crippen molar-refractivity contribution in [2.24, 2.45) is 0 Å². The predicted molar refractivity (Wildman–Crippen MR) is 80.3 cm³/mol. The summed E-state index contributed by atoms with van der Waals surface area (Å²) in [5.41, 5.74) is 1.04. The molecule has 1 amide bonds. The number of benzene rings is 2. The summed E-state index contributed by atoms with van der Waals surface area (Å²) in [5, 5.41) is 3.05. The highest BCUT2D eigenvalue weighted by Crippen LogP contribution is 2.27. The molecule has 1 heterocycles. The zero-order chi connectivity index (χ0) is 15.9. The molecule has 0 saturated carbocycles. The maximum atomic E-state index is 13.6. The minimum Gasteiger partial charge on any atom is -0.463 e. The lowest BCUT2D eigenvalue weighted by atomic mass is 10.1. The Morgan fingerprint density at radius 2 is 2.00 bits per heavy atom. The van der Waals surface area contributed by atoms with Gasteiger partial charge in [0, 0.05) is 5.39 Å². The van der Waals surface area contributed by atoms with Gasteiger partial charge in [-0.25, -0.2) is 8.78 Å². The predicted octanol–water partition coefficient (Wildman–Crippen LogP) is 4.93. The summed E-state index contributed by atoms with van der Waals surface area (Å²) < 4.78 is 32.1. The molecular weight excluding hydrogens is 312 g/mol. The molecule has 0 bridgehead atoms. The van der Waals surface area contributed by atoms with Crippen molar-refractivity contribution in [1.82, 2.24) is 0 Å². The summed E-state index contributed by atoms with van der Waals surface area (Å²) in [7, 11) is 0. The fourth-order valence-electron chi connectivity index (χ4n) is 2.11. The Kier molecular flexibility index (Phi) is 3.58. The second-order valence-corrected chi connectivity index (χ2v) is 5.23. The van der Waals surface area contributed by atoms with Crippen LogP contribution in [0.15, 0.2) is 41.0 Å². The fourth-order valence-corrected chi connectivity index (χ4v) is 2.37. The largest absolute Gasteiger partial charge is 0.463 e. The molecule has 22 heavy (non-hydrogen) atoms. The van der Waals surface area contributed by atoms with Crippen LogP contribution in [0.3, 0.4) is 0 Å². The van der Waals surface area contributed by atoms with Crippen LogP contribution in [0.25, 0.3) is 11.0 Å². The minimum atomic E-state index is -0.561. The van der Waals surface area contributed by atoms with Gasteiger partial charge in [0.25, 0.3) is 5.91 Å². The van der Waals surface area contributed by atoms with Crippen molar-refractivity contribution < 1.29 is 18.0 Å². The molecular formula is C16H10ClF2NO2. The van der Waals surface area contributed by atoms with Crippen molar-refractivity contribution >= 4 is 34.2 Å². The molecule has 1 aromatic heterocycles. The third-order valence-corrected chi connectivity index (χ3v) is 3.59. The Balaban J connectivity index is 1.97. The van der Waals surface area contributed by atoms with Gasteiger partial charge in [-0.1, -0.05) is 11.6 Å². The standard InChI is InChI=1S/C16H10ClF2NO2/c1-8-4-12(17)14(6-13(8)19)20-16(21)11-7-22-15-3-2-9(18)5-10(11)15/h2-7H,1H3,(H,20,21). The number of nitrogens with one attached hydrogen (secondary N) is 1. The highest BCUT2D eigenvalue weighted by molar-refractivity contribution is 6.34. The first kappa shape index (κ1) is 14.5. The molecule has 0 aliphatic carbocycles. The fraction of sp³-hybridized carbons (Fsp3) is 0.0625. The molecule has 0 unspecified atom stereocenters. The second-order valence-electron chi connectivity index (χ2n) is 4.83. The quantitative estimate of drug-likeness (QED) is 0.727. The van der Waals surface area contributed by atoms with Gasteiger partial charge in [-0.15, -0.1) is 0 Å². The van der Waals surface area contributed by atoms with Gasteiger partial charge in [0.1, 0.15) is 23.5 Å². The average molecular weight is 322 g/mol. The Morgan fingerprint density at radius 3 is 2.77 bits per heavy atom. The number of carbonyl (C=O) groups excluding carboxylic acids is 1. The molecule has 3 aromatic rings. The molecule has 112 valence electrons. The van der Waals surface area contributed by atoms with E-state index in [0.29, 0.717) is 16.5 Å². The molecule has 0 fully saturated rings. The Labute approximate surface area is 129 Å². The van der Waals surface area contributed by atoms with Crippen LogP contribution in [0, 0.1) is 18.6 Å². The Bertz CT molecular complexity index is 889. The van der Waals surface area contributed by atoms with Crippen LogP contribution < -0.4 is 5.32 Å². The van der Waals surface area contributed by atoms with Crippen molar-refractivity contribution in [3.63, 3.8) is 0 Å². The van der Waals surface area contributed by atoms with Gasteiger partial charge < -0.3 is 9.73 Å². The number of carbonyl (C=O) groups is 1. The maximum absolute atomic E-state index is 13.6. The van der Waals surface area contributed by atoms with E-state index >= 15 is 0 Å². The van der Waals surface area contributed by atoms with Crippen LogP contribution in [0.2, 0.25) is 5.02 Å². The summed E-state index contributed by atoms with van der Waals surface area (Å²) >= 11 is 5.99. The van der Waals surface area contributed by atoms with E-state index < -0.39 is 17.5 Å². The number of rotatable bonds is 2. The van der Waals surface area contributed by atoms with E-state index in [0.717, 1.165) is 6.07 Å². The normalized spacial score (nSPS) is 10.9. The SMILES string of the molecule is Cc1cc(Cl)c(NC(=O)c2coc3ccc(F)cc23)cc1F. The number of halogens is 3. The van der Waals surface area contributed by atoms with Crippen LogP contribution >= 0.6 is 11.6 Å². The molecule has 0 radical (unpaired) electrons. The van der Waals surface area contributed by atoms with Crippen molar-refractivity contribution in [1.29, 1.82) is 0 Å². The summed E-state index contributed by atoms with van der Waals surface area (Å²) in [4.78, 5) is 12.3. The van der Waals surface area contributed by atoms with E-state index in [1.807, 2.05) is 0 Å². The van der Waals surface area contributed by atoms with E-state index in [4.69, 9.17) is 16.0 Å². The first-order valence-corrected chi connectivity index (χ1v) is 6.77. The number of anilines is 1. The van der Waals surface area contributed by atoms with E-state index in [1.54, 1.807) is 6.92 Å². The zero-order valence-electron chi connectivity index (χ0n) is 11.4. The van der Waals surface area contributed by atoms with Crippen LogP contribution in [0.1, 0.15) is 15.9 Å². The van der Waals surface area contributed by atoms with E-state index in [9.17, 15) is 13.6 Å². The third-order valence-electron chi connectivity index (χ3n) is 3.28. The maximum Gasteiger partial charge on any atom is 0.259 e. The van der Waals surface area contributed by atoms with Gasteiger partial charge >= 0.3 is 0 Å². The molecule has 6 heteroatoms. The Morgan fingerprint density at radius 1 is 1.23 bits per heavy atom. The summed E-state index contributed by atoms with van der Waals surface area (Å²) in [6, 6.07) is 6.42. The zero-order valence-corrected chi connectivity index (χ0v) is 12.2. The Hall–Kier alpha value is -2.40. The first-order valence-electron chi connectivity index (χ1n) is 6.39. The van der Waals surface area contributed by atoms with Gasteiger partial charge in [0.2, 0.25) is 0 Å². The highest BCUT2D eigenvalue weighted by Gasteiger charge is 2.16. The third kappa shape index (κ3) is 2.55. The molecule has 0 aliphatic heterocycles. The highest BCUT2D eigenvalue weighted by atomic mass is 35.5. The molecule has 3 rings (SSSR count). The van der Waals surface area contributed by atoms with E-state index in [2.05, 4.69) is 5.32 Å². The van der Waals surface area contributed by atoms with Gasteiger partial charge in [-0.2, -0.15) is 0 Å². The number of amides is 1. The van der Waals surface area contributed by atoms with Gasteiger partial charge in [-0.05, 0) is 42.8 Å². The topological polar surface area (TPSA) is 42.2 Å².